The Labute approximate surface area is 118 Å². The highest BCUT2D eigenvalue weighted by atomic mass is 16.7. The number of rotatable bonds is 5. The fourth-order valence-corrected chi connectivity index (χ4v) is 2.47. The quantitative estimate of drug-likeness (QED) is 0.499. The lowest BCUT2D eigenvalue weighted by atomic mass is 9.88. The lowest BCUT2D eigenvalue weighted by Gasteiger charge is -2.43. The van der Waals surface area contributed by atoms with E-state index in [4.69, 9.17) is 19.9 Å². The van der Waals surface area contributed by atoms with Crippen molar-refractivity contribution in [2.75, 3.05) is 13.2 Å². The highest BCUT2D eigenvalue weighted by Crippen LogP contribution is 2.28. The van der Waals surface area contributed by atoms with Crippen LogP contribution in [0.15, 0.2) is 0 Å². The molecule has 2 rings (SSSR count). The van der Waals surface area contributed by atoms with E-state index in [-0.39, 0.29) is 11.6 Å². The summed E-state index contributed by atoms with van der Waals surface area (Å²) in [5.41, 5.74) is 5.66. The standard InChI is InChI=1S/C13H25NO6/c1-7(2)19-12-11(17)10(16)9(15)8(20-12)3-4-13(14)5-18-6-13/h7-12,15-17H,3-6,14H2,1-2H3/t8-,9-,10+,11+,12+/m1/s1. The normalized spacial score (nSPS) is 40.6. The first-order valence-electron chi connectivity index (χ1n) is 7.04. The molecule has 7 nitrogen and oxygen atoms in total. The van der Waals surface area contributed by atoms with Gasteiger partial charge in [-0.25, -0.2) is 0 Å². The Bertz CT molecular complexity index is 322. The molecule has 20 heavy (non-hydrogen) atoms. The number of aliphatic hydroxyl groups is 3. The van der Waals surface area contributed by atoms with Crippen molar-refractivity contribution in [2.45, 2.75) is 69.0 Å². The maximum absolute atomic E-state index is 9.98. The van der Waals surface area contributed by atoms with Crippen molar-refractivity contribution in [3.05, 3.63) is 0 Å². The summed E-state index contributed by atoms with van der Waals surface area (Å²) in [6, 6.07) is 0. The van der Waals surface area contributed by atoms with Crippen LogP contribution in [0, 0.1) is 0 Å². The molecule has 0 aromatic carbocycles. The van der Waals surface area contributed by atoms with Crippen LogP contribution < -0.4 is 5.73 Å². The minimum absolute atomic E-state index is 0.154. The molecule has 2 aliphatic rings. The van der Waals surface area contributed by atoms with Gasteiger partial charge in [0.15, 0.2) is 6.29 Å². The number of aliphatic hydroxyl groups excluding tert-OH is 3. The van der Waals surface area contributed by atoms with Gasteiger partial charge in [-0.1, -0.05) is 0 Å². The first kappa shape index (κ1) is 16.1. The van der Waals surface area contributed by atoms with Crippen molar-refractivity contribution >= 4 is 0 Å². The van der Waals surface area contributed by atoms with Gasteiger partial charge in [0.1, 0.15) is 18.3 Å². The minimum atomic E-state index is -1.29. The summed E-state index contributed by atoms with van der Waals surface area (Å²) < 4.78 is 16.1. The summed E-state index contributed by atoms with van der Waals surface area (Å²) in [6.07, 6.45) is -4.32. The molecular formula is C13H25NO6. The molecule has 0 bridgehead atoms. The zero-order valence-electron chi connectivity index (χ0n) is 11.9. The number of hydrogen-bond donors (Lipinski definition) is 4. The molecule has 0 radical (unpaired) electrons. The second-order valence-electron chi connectivity index (χ2n) is 6.09. The van der Waals surface area contributed by atoms with Gasteiger partial charge in [-0.05, 0) is 26.7 Å². The third-order valence-electron chi connectivity index (χ3n) is 3.78. The van der Waals surface area contributed by atoms with E-state index in [0.29, 0.717) is 26.1 Å². The maximum atomic E-state index is 9.98. The Morgan fingerprint density at radius 3 is 2.35 bits per heavy atom. The summed E-state index contributed by atoms with van der Waals surface area (Å²) in [5, 5.41) is 29.7. The van der Waals surface area contributed by atoms with Gasteiger partial charge in [0.25, 0.3) is 0 Å². The molecule has 0 aromatic rings. The average molecular weight is 291 g/mol. The predicted molar refractivity (Wildman–Crippen MR) is 69.9 cm³/mol. The highest BCUT2D eigenvalue weighted by molar-refractivity contribution is 4.95. The van der Waals surface area contributed by atoms with E-state index >= 15 is 0 Å². The fourth-order valence-electron chi connectivity index (χ4n) is 2.47. The Morgan fingerprint density at radius 1 is 1.20 bits per heavy atom. The Hall–Kier alpha value is -0.280. The highest BCUT2D eigenvalue weighted by Gasteiger charge is 2.45. The van der Waals surface area contributed by atoms with Crippen molar-refractivity contribution in [1.82, 2.24) is 0 Å². The Balaban J connectivity index is 1.92. The molecule has 7 heteroatoms. The van der Waals surface area contributed by atoms with Crippen molar-refractivity contribution in [3.8, 4) is 0 Å². The van der Waals surface area contributed by atoms with Crippen LogP contribution in [0.5, 0.6) is 0 Å². The molecule has 0 unspecified atom stereocenters. The first-order chi connectivity index (χ1) is 9.32. The van der Waals surface area contributed by atoms with Crippen LogP contribution in [-0.4, -0.2) is 70.9 Å². The molecule has 2 saturated heterocycles. The number of ether oxygens (including phenoxy) is 3. The molecule has 0 amide bonds. The van der Waals surface area contributed by atoms with Crippen LogP contribution in [0.25, 0.3) is 0 Å². The van der Waals surface area contributed by atoms with E-state index in [9.17, 15) is 15.3 Å². The van der Waals surface area contributed by atoms with Gasteiger partial charge >= 0.3 is 0 Å². The smallest absolute Gasteiger partial charge is 0.186 e. The van der Waals surface area contributed by atoms with E-state index in [0.717, 1.165) is 0 Å². The number of hydrogen-bond acceptors (Lipinski definition) is 7. The second kappa shape index (κ2) is 6.23. The van der Waals surface area contributed by atoms with E-state index in [1.54, 1.807) is 0 Å². The maximum Gasteiger partial charge on any atom is 0.186 e. The van der Waals surface area contributed by atoms with Crippen LogP contribution >= 0.6 is 0 Å². The molecule has 2 heterocycles. The van der Waals surface area contributed by atoms with E-state index < -0.39 is 30.7 Å². The summed E-state index contributed by atoms with van der Waals surface area (Å²) in [7, 11) is 0. The molecule has 5 N–H and O–H groups in total. The van der Waals surface area contributed by atoms with Gasteiger partial charge in [0, 0.05) is 0 Å². The SMILES string of the molecule is CC(C)O[C@H]1O[C@H](CCC2(N)COC2)[C@@H](O)[C@H](O)[C@@H]1O. The summed E-state index contributed by atoms with van der Waals surface area (Å²) in [4.78, 5) is 0. The van der Waals surface area contributed by atoms with Gasteiger partial charge in [0.05, 0.1) is 31.0 Å². The van der Waals surface area contributed by atoms with Crippen molar-refractivity contribution in [2.24, 2.45) is 5.73 Å². The van der Waals surface area contributed by atoms with Crippen molar-refractivity contribution < 1.29 is 29.5 Å². The zero-order valence-corrected chi connectivity index (χ0v) is 11.9. The van der Waals surface area contributed by atoms with Gasteiger partial charge in [0.2, 0.25) is 0 Å². The topological polar surface area (TPSA) is 114 Å². The Morgan fingerprint density at radius 2 is 1.85 bits per heavy atom. The monoisotopic (exact) mass is 291 g/mol. The second-order valence-corrected chi connectivity index (χ2v) is 6.09. The Kier molecular flexibility index (Phi) is 5.01. The molecule has 0 aliphatic carbocycles. The van der Waals surface area contributed by atoms with E-state index in [1.807, 2.05) is 13.8 Å². The van der Waals surface area contributed by atoms with E-state index in [2.05, 4.69) is 0 Å². The van der Waals surface area contributed by atoms with Crippen LogP contribution in [0.4, 0.5) is 0 Å². The van der Waals surface area contributed by atoms with E-state index in [1.165, 1.54) is 0 Å². The van der Waals surface area contributed by atoms with Crippen LogP contribution in [0.3, 0.4) is 0 Å². The van der Waals surface area contributed by atoms with Crippen LogP contribution in [0.1, 0.15) is 26.7 Å². The largest absolute Gasteiger partial charge is 0.388 e. The van der Waals surface area contributed by atoms with Gasteiger partial charge in [-0.3, -0.25) is 0 Å². The zero-order chi connectivity index (χ0) is 14.9. The van der Waals surface area contributed by atoms with Gasteiger partial charge in [-0.2, -0.15) is 0 Å². The fraction of sp³-hybridized carbons (Fsp3) is 1.00. The lowest BCUT2D eigenvalue weighted by molar-refractivity contribution is -0.306. The average Bonchev–Trinajstić information content (AvgIpc) is 2.35. The molecular weight excluding hydrogens is 266 g/mol. The van der Waals surface area contributed by atoms with Crippen molar-refractivity contribution in [1.29, 1.82) is 0 Å². The van der Waals surface area contributed by atoms with Crippen LogP contribution in [0.2, 0.25) is 0 Å². The van der Waals surface area contributed by atoms with Gasteiger partial charge < -0.3 is 35.3 Å². The van der Waals surface area contributed by atoms with Crippen molar-refractivity contribution in [3.63, 3.8) is 0 Å². The molecule has 2 aliphatic heterocycles. The minimum Gasteiger partial charge on any atom is -0.388 e. The van der Waals surface area contributed by atoms with Crippen LogP contribution in [-0.2, 0) is 14.2 Å². The molecule has 5 atom stereocenters. The summed E-state index contributed by atoms with van der Waals surface area (Å²) >= 11 is 0. The number of nitrogens with two attached hydrogens (primary N) is 1. The van der Waals surface area contributed by atoms with Gasteiger partial charge in [-0.15, -0.1) is 0 Å². The molecule has 0 spiro atoms. The molecule has 2 fully saturated rings. The molecule has 118 valence electrons. The first-order valence-corrected chi connectivity index (χ1v) is 7.04. The molecule has 0 saturated carbocycles. The summed E-state index contributed by atoms with van der Waals surface area (Å²) in [6.45, 7) is 4.60. The predicted octanol–water partition coefficient (Wildman–Crippen LogP) is -1.27. The third kappa shape index (κ3) is 3.48. The summed E-state index contributed by atoms with van der Waals surface area (Å²) in [5.74, 6) is 0. The lowest BCUT2D eigenvalue weighted by Crippen LogP contribution is -2.61. The molecule has 0 aromatic heterocycles. The third-order valence-corrected chi connectivity index (χ3v) is 3.78.